The first-order valence-corrected chi connectivity index (χ1v) is 6.75. The molecule has 1 atom stereocenters. The third-order valence-corrected chi connectivity index (χ3v) is 3.22. The van der Waals surface area contributed by atoms with E-state index in [1.807, 2.05) is 6.92 Å². The summed E-state index contributed by atoms with van der Waals surface area (Å²) in [4.78, 5) is 20.7. The number of halogens is 1. The van der Waals surface area contributed by atoms with Gasteiger partial charge in [0.1, 0.15) is 5.82 Å². The Morgan fingerprint density at radius 1 is 1.48 bits per heavy atom. The van der Waals surface area contributed by atoms with E-state index in [0.29, 0.717) is 18.5 Å². The lowest BCUT2D eigenvalue weighted by atomic mass is 10.0. The van der Waals surface area contributed by atoms with Crippen molar-refractivity contribution < 1.29 is 19.2 Å². The first-order chi connectivity index (χ1) is 9.90. The van der Waals surface area contributed by atoms with Crippen LogP contribution >= 0.6 is 0 Å². The van der Waals surface area contributed by atoms with E-state index >= 15 is 0 Å². The summed E-state index contributed by atoms with van der Waals surface area (Å²) in [7, 11) is 0. The van der Waals surface area contributed by atoms with Crippen molar-refractivity contribution in [3.8, 4) is 0 Å². The lowest BCUT2D eigenvalue weighted by Gasteiger charge is -2.11. The van der Waals surface area contributed by atoms with Gasteiger partial charge in [-0.05, 0) is 37.4 Å². The zero-order valence-corrected chi connectivity index (χ0v) is 11.8. The molecule has 0 fully saturated rings. The van der Waals surface area contributed by atoms with Crippen LogP contribution in [0.15, 0.2) is 18.2 Å². The van der Waals surface area contributed by atoms with Crippen LogP contribution in [0.5, 0.6) is 0 Å². The van der Waals surface area contributed by atoms with E-state index in [1.165, 1.54) is 0 Å². The summed E-state index contributed by atoms with van der Waals surface area (Å²) >= 11 is 0. The fourth-order valence-corrected chi connectivity index (χ4v) is 1.96. The van der Waals surface area contributed by atoms with Gasteiger partial charge in [0.2, 0.25) is 0 Å². The second kappa shape index (κ2) is 8.31. The molecule has 0 radical (unpaired) electrons. The number of carboxylic acid groups (broad SMARTS) is 1. The summed E-state index contributed by atoms with van der Waals surface area (Å²) in [5, 5.41) is 22.4. The van der Waals surface area contributed by atoms with E-state index in [1.54, 1.807) is 0 Å². The molecule has 0 aromatic heterocycles. The van der Waals surface area contributed by atoms with Crippen LogP contribution in [-0.4, -0.2) is 22.5 Å². The topological polar surface area (TPSA) is 92.5 Å². The maximum absolute atomic E-state index is 13.1. The molecule has 0 aliphatic rings. The van der Waals surface area contributed by atoms with Gasteiger partial charge in [-0.2, -0.15) is 0 Å². The highest BCUT2D eigenvalue weighted by Gasteiger charge is 2.14. The van der Waals surface area contributed by atoms with Gasteiger partial charge in [-0.25, -0.2) is 4.39 Å². The fraction of sp³-hybridized carbons (Fsp3) is 0.500. The number of carboxylic acids is 1. The second-order valence-corrected chi connectivity index (χ2v) is 5.03. The number of nitro benzene ring substituents is 1. The quantitative estimate of drug-likeness (QED) is 0.415. The summed E-state index contributed by atoms with van der Waals surface area (Å²) in [5.74, 6) is -1.08. The van der Waals surface area contributed by atoms with Crippen LogP contribution in [-0.2, 0) is 11.3 Å². The van der Waals surface area contributed by atoms with Crippen molar-refractivity contribution in [3.05, 3.63) is 39.7 Å². The third kappa shape index (κ3) is 6.31. The van der Waals surface area contributed by atoms with Gasteiger partial charge in [-0.15, -0.1) is 0 Å². The summed E-state index contributed by atoms with van der Waals surface area (Å²) < 4.78 is 13.1. The molecule has 1 aromatic carbocycles. The molecule has 1 rings (SSSR count). The molecule has 0 spiro atoms. The van der Waals surface area contributed by atoms with Crippen LogP contribution < -0.4 is 5.32 Å². The minimum absolute atomic E-state index is 0.108. The first-order valence-electron chi connectivity index (χ1n) is 6.75. The molecular formula is C14H19FN2O4. The van der Waals surface area contributed by atoms with Crippen LogP contribution in [0.1, 0.15) is 31.7 Å². The van der Waals surface area contributed by atoms with E-state index < -0.39 is 16.7 Å². The van der Waals surface area contributed by atoms with Gasteiger partial charge < -0.3 is 10.4 Å². The second-order valence-electron chi connectivity index (χ2n) is 5.03. The number of carbonyl (C=O) groups is 1. The monoisotopic (exact) mass is 298 g/mol. The van der Waals surface area contributed by atoms with E-state index in [9.17, 15) is 19.3 Å². The van der Waals surface area contributed by atoms with Gasteiger partial charge in [-0.1, -0.05) is 6.92 Å². The Balaban J connectivity index is 2.40. The van der Waals surface area contributed by atoms with Gasteiger partial charge in [0, 0.05) is 24.6 Å². The third-order valence-electron chi connectivity index (χ3n) is 3.22. The van der Waals surface area contributed by atoms with Crippen LogP contribution in [0, 0.1) is 21.8 Å². The highest BCUT2D eigenvalue weighted by molar-refractivity contribution is 5.66. The molecule has 0 amide bonds. The lowest BCUT2D eigenvalue weighted by molar-refractivity contribution is -0.385. The van der Waals surface area contributed by atoms with Crippen molar-refractivity contribution in [2.24, 2.45) is 5.92 Å². The molecule has 0 bridgehead atoms. The molecule has 21 heavy (non-hydrogen) atoms. The minimum Gasteiger partial charge on any atom is -0.481 e. The number of hydrogen-bond donors (Lipinski definition) is 2. The lowest BCUT2D eigenvalue weighted by Crippen LogP contribution is -2.18. The Morgan fingerprint density at radius 3 is 2.81 bits per heavy atom. The average molecular weight is 298 g/mol. The molecule has 1 unspecified atom stereocenters. The van der Waals surface area contributed by atoms with Crippen LogP contribution in [0.25, 0.3) is 0 Å². The van der Waals surface area contributed by atoms with Gasteiger partial charge in [0.25, 0.3) is 5.69 Å². The molecule has 0 aliphatic carbocycles. The number of nitro groups is 1. The van der Waals surface area contributed by atoms with Gasteiger partial charge in [-0.3, -0.25) is 14.9 Å². The number of hydrogen-bond acceptors (Lipinski definition) is 4. The number of nitrogens with one attached hydrogen (secondary N) is 1. The molecule has 2 N–H and O–H groups in total. The number of aliphatic carboxylic acids is 1. The van der Waals surface area contributed by atoms with E-state index in [0.717, 1.165) is 24.6 Å². The molecular weight excluding hydrogens is 279 g/mol. The Morgan fingerprint density at radius 2 is 2.19 bits per heavy atom. The van der Waals surface area contributed by atoms with Crippen molar-refractivity contribution in [2.75, 3.05) is 6.54 Å². The summed E-state index contributed by atoms with van der Waals surface area (Å²) in [5.41, 5.74) is 0.195. The van der Waals surface area contributed by atoms with Gasteiger partial charge in [0.15, 0.2) is 0 Å². The molecule has 0 saturated carbocycles. The smallest absolute Gasteiger partial charge is 0.303 e. The van der Waals surface area contributed by atoms with Crippen LogP contribution in [0.4, 0.5) is 10.1 Å². The number of nitrogens with zero attached hydrogens (tertiary/aromatic N) is 1. The predicted molar refractivity (Wildman–Crippen MR) is 75.4 cm³/mol. The maximum Gasteiger partial charge on any atom is 0.303 e. The molecule has 0 heterocycles. The SMILES string of the molecule is CC(CCNCc1cc(F)ccc1[N+](=O)[O-])CCC(=O)O. The zero-order chi connectivity index (χ0) is 15.8. The van der Waals surface area contributed by atoms with Gasteiger partial charge >= 0.3 is 5.97 Å². The molecule has 7 heteroatoms. The minimum atomic E-state index is -0.815. The highest BCUT2D eigenvalue weighted by Crippen LogP contribution is 2.19. The zero-order valence-electron chi connectivity index (χ0n) is 11.8. The van der Waals surface area contributed by atoms with Crippen molar-refractivity contribution in [1.29, 1.82) is 0 Å². The fourth-order valence-electron chi connectivity index (χ4n) is 1.96. The highest BCUT2D eigenvalue weighted by atomic mass is 19.1. The molecule has 116 valence electrons. The normalized spacial score (nSPS) is 12.1. The molecule has 0 aliphatic heterocycles. The van der Waals surface area contributed by atoms with Crippen molar-refractivity contribution >= 4 is 11.7 Å². The predicted octanol–water partition coefficient (Wildman–Crippen LogP) is 2.71. The number of benzene rings is 1. The van der Waals surface area contributed by atoms with E-state index in [4.69, 9.17) is 5.11 Å². The number of rotatable bonds is 9. The van der Waals surface area contributed by atoms with Crippen molar-refractivity contribution in [3.63, 3.8) is 0 Å². The van der Waals surface area contributed by atoms with Crippen LogP contribution in [0.3, 0.4) is 0 Å². The van der Waals surface area contributed by atoms with E-state index in [2.05, 4.69) is 5.32 Å². The van der Waals surface area contributed by atoms with Gasteiger partial charge in [0.05, 0.1) is 4.92 Å². The average Bonchev–Trinajstić information content (AvgIpc) is 2.41. The standard InChI is InChI=1S/C14H19FN2O4/c1-10(2-5-14(18)19)6-7-16-9-11-8-12(15)3-4-13(11)17(20)21/h3-4,8,10,16H,2,5-7,9H2,1H3,(H,18,19). The van der Waals surface area contributed by atoms with Crippen molar-refractivity contribution in [1.82, 2.24) is 5.32 Å². The maximum atomic E-state index is 13.1. The molecule has 0 saturated heterocycles. The molecule has 1 aromatic rings. The first kappa shape index (κ1) is 17.0. The summed E-state index contributed by atoms with van der Waals surface area (Å²) in [6, 6.07) is 3.37. The van der Waals surface area contributed by atoms with E-state index in [-0.39, 0.29) is 24.6 Å². The Kier molecular flexibility index (Phi) is 6.74. The van der Waals surface area contributed by atoms with Crippen molar-refractivity contribution in [2.45, 2.75) is 32.7 Å². The Bertz CT molecular complexity index is 508. The van der Waals surface area contributed by atoms with Crippen LogP contribution in [0.2, 0.25) is 0 Å². The summed E-state index contributed by atoms with van der Waals surface area (Å²) in [6.45, 7) is 2.75. The Hall–Kier alpha value is -2.02. The Labute approximate surface area is 122 Å². The molecule has 6 nitrogen and oxygen atoms in total. The summed E-state index contributed by atoms with van der Waals surface area (Å²) in [6.07, 6.45) is 1.49. The largest absolute Gasteiger partial charge is 0.481 e.